The van der Waals surface area contributed by atoms with E-state index in [0.717, 1.165) is 16.5 Å². The van der Waals surface area contributed by atoms with Gasteiger partial charge in [0.2, 0.25) is 0 Å². The van der Waals surface area contributed by atoms with Crippen molar-refractivity contribution in [2.75, 3.05) is 6.61 Å². The number of pyridine rings is 2. The van der Waals surface area contributed by atoms with Crippen molar-refractivity contribution >= 4 is 16.8 Å². The lowest BCUT2D eigenvalue weighted by atomic mass is 10.2. The molecule has 2 heterocycles. The molecule has 0 unspecified atom stereocenters. The number of hydrogen-bond donors (Lipinski definition) is 1. The normalized spacial score (nSPS) is 10.4. The highest BCUT2D eigenvalue weighted by molar-refractivity contribution is 5.85. The average molecular weight is 293 g/mol. The van der Waals surface area contributed by atoms with Crippen LogP contribution >= 0.6 is 0 Å². The van der Waals surface area contributed by atoms with E-state index >= 15 is 0 Å². The molecule has 22 heavy (non-hydrogen) atoms. The maximum absolute atomic E-state index is 11.8. The van der Waals surface area contributed by atoms with Crippen LogP contribution in [0.15, 0.2) is 61.1 Å². The van der Waals surface area contributed by atoms with Crippen LogP contribution in [0.5, 0.6) is 5.75 Å². The molecular weight excluding hydrogens is 278 g/mol. The minimum absolute atomic E-state index is 0.0457. The van der Waals surface area contributed by atoms with Crippen LogP contribution in [0.4, 0.5) is 0 Å². The second-order valence-corrected chi connectivity index (χ2v) is 4.76. The molecule has 0 aliphatic heterocycles. The van der Waals surface area contributed by atoms with Crippen molar-refractivity contribution in [3.8, 4) is 5.75 Å². The molecule has 0 atom stereocenters. The Morgan fingerprint density at radius 2 is 1.95 bits per heavy atom. The Kier molecular flexibility index (Phi) is 4.25. The summed E-state index contributed by atoms with van der Waals surface area (Å²) in [5, 5.41) is 3.78. The fourth-order valence-corrected chi connectivity index (χ4v) is 2.09. The van der Waals surface area contributed by atoms with Gasteiger partial charge in [-0.05, 0) is 23.8 Å². The smallest absolute Gasteiger partial charge is 0.258 e. The lowest BCUT2D eigenvalue weighted by molar-refractivity contribution is -0.123. The van der Waals surface area contributed by atoms with Crippen LogP contribution in [-0.4, -0.2) is 22.5 Å². The molecule has 0 aliphatic rings. The van der Waals surface area contributed by atoms with Gasteiger partial charge < -0.3 is 10.1 Å². The number of carbonyl (C=O) groups is 1. The molecule has 1 N–H and O–H groups in total. The average Bonchev–Trinajstić information content (AvgIpc) is 2.59. The molecular formula is C17H15N3O2. The number of nitrogens with one attached hydrogen (secondary N) is 1. The zero-order valence-electron chi connectivity index (χ0n) is 11.9. The third kappa shape index (κ3) is 3.38. The van der Waals surface area contributed by atoms with Gasteiger partial charge in [-0.2, -0.15) is 0 Å². The summed E-state index contributed by atoms with van der Waals surface area (Å²) < 4.78 is 5.58. The summed E-state index contributed by atoms with van der Waals surface area (Å²) in [5.41, 5.74) is 1.70. The molecule has 3 rings (SSSR count). The summed E-state index contributed by atoms with van der Waals surface area (Å²) in [6.45, 7) is 0.389. The highest BCUT2D eigenvalue weighted by atomic mass is 16.5. The monoisotopic (exact) mass is 293 g/mol. The van der Waals surface area contributed by atoms with Crippen LogP contribution in [0, 0.1) is 0 Å². The molecule has 1 amide bonds. The standard InChI is InChI=1S/C17H15N3O2/c21-16(20-11-13-4-2-8-18-10-13)12-22-15-7-1-5-14-6-3-9-19-17(14)15/h1-10H,11-12H2,(H,20,21). The largest absolute Gasteiger partial charge is 0.481 e. The lowest BCUT2D eigenvalue weighted by Gasteiger charge is -2.09. The highest BCUT2D eigenvalue weighted by Gasteiger charge is 2.06. The fraction of sp³-hybridized carbons (Fsp3) is 0.118. The SMILES string of the molecule is O=C(COc1cccc2cccnc12)NCc1cccnc1. The maximum atomic E-state index is 11.8. The van der Waals surface area contributed by atoms with Crippen LogP contribution in [0.2, 0.25) is 0 Å². The summed E-state index contributed by atoms with van der Waals surface area (Å²) in [5.74, 6) is 0.423. The van der Waals surface area contributed by atoms with Gasteiger partial charge in [0.15, 0.2) is 6.61 Å². The van der Waals surface area contributed by atoms with E-state index in [9.17, 15) is 4.79 Å². The predicted molar refractivity (Wildman–Crippen MR) is 83.3 cm³/mol. The zero-order chi connectivity index (χ0) is 15.2. The number of para-hydroxylation sites is 1. The van der Waals surface area contributed by atoms with Crippen molar-refractivity contribution in [2.45, 2.75) is 6.54 Å². The first kappa shape index (κ1) is 14.0. The topological polar surface area (TPSA) is 64.1 Å². The van der Waals surface area contributed by atoms with Gasteiger partial charge in [0, 0.05) is 30.5 Å². The Hall–Kier alpha value is -2.95. The minimum Gasteiger partial charge on any atom is -0.481 e. The number of fused-ring (bicyclic) bond motifs is 1. The predicted octanol–water partition coefficient (Wildman–Crippen LogP) is 2.33. The maximum Gasteiger partial charge on any atom is 0.258 e. The van der Waals surface area contributed by atoms with Gasteiger partial charge >= 0.3 is 0 Å². The number of carbonyl (C=O) groups excluding carboxylic acids is 1. The van der Waals surface area contributed by atoms with Gasteiger partial charge in [-0.3, -0.25) is 14.8 Å². The quantitative estimate of drug-likeness (QED) is 0.784. The number of rotatable bonds is 5. The minimum atomic E-state index is -0.184. The molecule has 0 saturated carbocycles. The highest BCUT2D eigenvalue weighted by Crippen LogP contribution is 2.22. The van der Waals surface area contributed by atoms with E-state index in [1.165, 1.54) is 0 Å². The zero-order valence-corrected chi connectivity index (χ0v) is 11.9. The lowest BCUT2D eigenvalue weighted by Crippen LogP contribution is -2.28. The van der Waals surface area contributed by atoms with Gasteiger partial charge in [-0.15, -0.1) is 0 Å². The molecule has 0 fully saturated rings. The van der Waals surface area contributed by atoms with Gasteiger partial charge in [0.05, 0.1) is 0 Å². The number of benzene rings is 1. The first-order chi connectivity index (χ1) is 10.8. The molecule has 0 bridgehead atoms. The van der Waals surface area contributed by atoms with Gasteiger partial charge in [0.1, 0.15) is 11.3 Å². The number of hydrogen-bond acceptors (Lipinski definition) is 4. The number of aromatic nitrogens is 2. The Labute approximate surface area is 128 Å². The van der Waals surface area contributed by atoms with Crippen molar-refractivity contribution in [1.82, 2.24) is 15.3 Å². The van der Waals surface area contributed by atoms with Crippen molar-refractivity contribution in [2.24, 2.45) is 0 Å². The number of nitrogens with zero attached hydrogens (tertiary/aromatic N) is 2. The number of amides is 1. The van der Waals surface area contributed by atoms with Crippen molar-refractivity contribution in [1.29, 1.82) is 0 Å². The van der Waals surface area contributed by atoms with Crippen LogP contribution in [0.3, 0.4) is 0 Å². The van der Waals surface area contributed by atoms with E-state index in [-0.39, 0.29) is 12.5 Å². The molecule has 110 valence electrons. The van der Waals surface area contributed by atoms with E-state index in [2.05, 4.69) is 15.3 Å². The molecule has 0 spiro atoms. The Morgan fingerprint density at radius 1 is 1.09 bits per heavy atom. The Bertz CT molecular complexity index is 770. The third-order valence-corrected chi connectivity index (χ3v) is 3.17. The van der Waals surface area contributed by atoms with Gasteiger partial charge in [-0.25, -0.2) is 0 Å². The van der Waals surface area contributed by atoms with Crippen molar-refractivity contribution in [3.63, 3.8) is 0 Å². The summed E-state index contributed by atoms with van der Waals surface area (Å²) >= 11 is 0. The molecule has 5 nitrogen and oxygen atoms in total. The summed E-state index contributed by atoms with van der Waals surface area (Å²) in [4.78, 5) is 20.1. The van der Waals surface area contributed by atoms with Crippen molar-refractivity contribution in [3.05, 3.63) is 66.6 Å². The Balaban J connectivity index is 1.58. The first-order valence-corrected chi connectivity index (χ1v) is 6.95. The van der Waals surface area contributed by atoms with E-state index < -0.39 is 0 Å². The van der Waals surface area contributed by atoms with E-state index in [0.29, 0.717) is 12.3 Å². The van der Waals surface area contributed by atoms with Crippen LogP contribution < -0.4 is 10.1 Å². The second-order valence-electron chi connectivity index (χ2n) is 4.76. The molecule has 5 heteroatoms. The van der Waals surface area contributed by atoms with Crippen LogP contribution in [0.1, 0.15) is 5.56 Å². The molecule has 0 radical (unpaired) electrons. The summed E-state index contributed by atoms with van der Waals surface area (Å²) in [6, 6.07) is 13.2. The van der Waals surface area contributed by atoms with E-state index in [1.807, 2.05) is 42.5 Å². The van der Waals surface area contributed by atoms with Crippen LogP contribution in [-0.2, 0) is 11.3 Å². The van der Waals surface area contributed by atoms with Crippen LogP contribution in [0.25, 0.3) is 10.9 Å². The number of ether oxygens (including phenoxy) is 1. The fourth-order valence-electron chi connectivity index (χ4n) is 2.09. The molecule has 0 aliphatic carbocycles. The van der Waals surface area contributed by atoms with Gasteiger partial charge in [-0.1, -0.05) is 24.3 Å². The molecule has 3 aromatic rings. The Morgan fingerprint density at radius 3 is 2.82 bits per heavy atom. The van der Waals surface area contributed by atoms with E-state index in [1.54, 1.807) is 18.6 Å². The molecule has 1 aromatic carbocycles. The van der Waals surface area contributed by atoms with Gasteiger partial charge in [0.25, 0.3) is 5.91 Å². The molecule has 0 saturated heterocycles. The van der Waals surface area contributed by atoms with Crippen molar-refractivity contribution < 1.29 is 9.53 Å². The third-order valence-electron chi connectivity index (χ3n) is 3.17. The molecule has 2 aromatic heterocycles. The first-order valence-electron chi connectivity index (χ1n) is 6.95. The second kappa shape index (κ2) is 6.67. The van der Waals surface area contributed by atoms with E-state index in [4.69, 9.17) is 4.74 Å². The summed E-state index contributed by atoms with van der Waals surface area (Å²) in [7, 11) is 0. The summed E-state index contributed by atoms with van der Waals surface area (Å²) in [6.07, 6.45) is 5.12.